The van der Waals surface area contributed by atoms with E-state index in [1.165, 1.54) is 26.0 Å². The van der Waals surface area contributed by atoms with Gasteiger partial charge in [-0.3, -0.25) is 10.1 Å². The van der Waals surface area contributed by atoms with Gasteiger partial charge in [0.25, 0.3) is 5.69 Å². The highest BCUT2D eigenvalue weighted by atomic mass is 32.2. The Bertz CT molecular complexity index is 522. The van der Waals surface area contributed by atoms with Crippen LogP contribution in [0.4, 0.5) is 5.69 Å². The first-order valence-electron chi connectivity index (χ1n) is 4.02. The van der Waals surface area contributed by atoms with Gasteiger partial charge in [0.2, 0.25) is 10.0 Å². The Morgan fingerprint density at radius 1 is 1.27 bits per heavy atom. The fraction of sp³-hybridized carbons (Fsp3) is 0.250. The van der Waals surface area contributed by atoms with Crippen molar-refractivity contribution in [1.29, 1.82) is 0 Å². The summed E-state index contributed by atoms with van der Waals surface area (Å²) in [6.45, 7) is 2.93. The molecular formula is C8H10N2O4S. The Morgan fingerprint density at radius 2 is 1.80 bits per heavy atom. The smallest absolute Gasteiger partial charge is 0.258 e. The van der Waals surface area contributed by atoms with Gasteiger partial charge in [-0.25, -0.2) is 13.6 Å². The second-order valence-electron chi connectivity index (χ2n) is 3.21. The van der Waals surface area contributed by atoms with Crippen LogP contribution in [-0.2, 0) is 10.0 Å². The molecule has 0 saturated heterocycles. The summed E-state index contributed by atoms with van der Waals surface area (Å²) in [4.78, 5) is 9.92. The van der Waals surface area contributed by atoms with E-state index in [-0.39, 0.29) is 21.7 Å². The molecule has 1 aromatic carbocycles. The molecule has 1 rings (SSSR count). The largest absolute Gasteiger partial charge is 0.272 e. The van der Waals surface area contributed by atoms with Gasteiger partial charge in [0.1, 0.15) is 0 Å². The van der Waals surface area contributed by atoms with Gasteiger partial charge in [-0.1, -0.05) is 0 Å². The van der Waals surface area contributed by atoms with E-state index in [1.807, 2.05) is 0 Å². The van der Waals surface area contributed by atoms with Gasteiger partial charge in [0, 0.05) is 11.6 Å². The van der Waals surface area contributed by atoms with Gasteiger partial charge in [-0.2, -0.15) is 0 Å². The minimum Gasteiger partial charge on any atom is -0.258 e. The summed E-state index contributed by atoms with van der Waals surface area (Å²) in [5.74, 6) is 0. The molecule has 82 valence electrons. The summed E-state index contributed by atoms with van der Waals surface area (Å²) in [5.41, 5.74) is 0.435. The Kier molecular flexibility index (Phi) is 2.78. The predicted octanol–water partition coefficient (Wildman–Crippen LogP) is 0.859. The quantitative estimate of drug-likeness (QED) is 0.601. The van der Waals surface area contributed by atoms with Crippen molar-refractivity contribution in [3.8, 4) is 0 Å². The third-order valence-electron chi connectivity index (χ3n) is 2.00. The molecule has 6 nitrogen and oxygen atoms in total. The fourth-order valence-corrected chi connectivity index (χ4v) is 2.13. The number of rotatable bonds is 2. The van der Waals surface area contributed by atoms with E-state index in [0.29, 0.717) is 0 Å². The molecule has 0 bridgehead atoms. The van der Waals surface area contributed by atoms with E-state index < -0.39 is 14.9 Å². The normalized spacial score (nSPS) is 11.4. The number of benzene rings is 1. The first-order valence-corrected chi connectivity index (χ1v) is 5.56. The molecule has 0 aliphatic heterocycles. The van der Waals surface area contributed by atoms with Gasteiger partial charge in [0.15, 0.2) is 0 Å². The number of nitrogens with zero attached hydrogens (tertiary/aromatic N) is 1. The van der Waals surface area contributed by atoms with Gasteiger partial charge in [-0.15, -0.1) is 0 Å². The van der Waals surface area contributed by atoms with E-state index >= 15 is 0 Å². The molecule has 0 unspecified atom stereocenters. The van der Waals surface area contributed by atoms with E-state index in [1.54, 1.807) is 0 Å². The van der Waals surface area contributed by atoms with Crippen molar-refractivity contribution in [2.75, 3.05) is 0 Å². The first-order chi connectivity index (χ1) is 6.73. The molecule has 7 heteroatoms. The van der Waals surface area contributed by atoms with Crippen LogP contribution in [0.2, 0.25) is 0 Å². The number of hydrogen-bond donors (Lipinski definition) is 1. The highest BCUT2D eigenvalue weighted by Crippen LogP contribution is 2.24. The number of sulfonamides is 1. The van der Waals surface area contributed by atoms with Crippen LogP contribution in [0.5, 0.6) is 0 Å². The van der Waals surface area contributed by atoms with E-state index in [4.69, 9.17) is 5.14 Å². The van der Waals surface area contributed by atoms with Gasteiger partial charge in [0.05, 0.1) is 9.82 Å². The maximum absolute atomic E-state index is 11.1. The average molecular weight is 230 g/mol. The average Bonchev–Trinajstić information content (AvgIpc) is 2.06. The molecule has 0 amide bonds. The molecule has 0 aliphatic carbocycles. The lowest BCUT2D eigenvalue weighted by molar-refractivity contribution is -0.385. The third kappa shape index (κ3) is 2.31. The van der Waals surface area contributed by atoms with Crippen molar-refractivity contribution in [2.45, 2.75) is 18.7 Å². The molecule has 2 N–H and O–H groups in total. The maximum atomic E-state index is 11.1. The molecule has 0 atom stereocenters. The number of nitro benzene ring substituents is 1. The van der Waals surface area contributed by atoms with Crippen molar-refractivity contribution >= 4 is 15.7 Å². The van der Waals surface area contributed by atoms with Crippen LogP contribution < -0.4 is 5.14 Å². The van der Waals surface area contributed by atoms with Crippen LogP contribution in [0.3, 0.4) is 0 Å². The predicted molar refractivity (Wildman–Crippen MR) is 53.9 cm³/mol. The van der Waals surface area contributed by atoms with Crippen LogP contribution in [0.15, 0.2) is 17.0 Å². The summed E-state index contributed by atoms with van der Waals surface area (Å²) in [6.07, 6.45) is 0. The second kappa shape index (κ2) is 3.59. The number of nitrogens with two attached hydrogens (primary N) is 1. The molecule has 0 aliphatic rings. The summed E-state index contributed by atoms with van der Waals surface area (Å²) < 4.78 is 22.2. The van der Waals surface area contributed by atoms with Gasteiger partial charge < -0.3 is 0 Å². The second-order valence-corrected chi connectivity index (χ2v) is 4.74. The molecule has 0 radical (unpaired) electrons. The summed E-state index contributed by atoms with van der Waals surface area (Å²) in [5, 5.41) is 15.5. The number of nitro groups is 1. The first kappa shape index (κ1) is 11.6. The van der Waals surface area contributed by atoms with E-state index in [2.05, 4.69) is 0 Å². The Labute approximate surface area is 86.9 Å². The van der Waals surface area contributed by atoms with E-state index in [0.717, 1.165) is 0 Å². The number of hydrogen-bond acceptors (Lipinski definition) is 4. The number of primary sulfonamides is 1. The minimum absolute atomic E-state index is 0.0781. The lowest BCUT2D eigenvalue weighted by atomic mass is 10.1. The maximum Gasteiger partial charge on any atom is 0.272 e. The molecule has 0 spiro atoms. The van der Waals surface area contributed by atoms with Crippen LogP contribution in [0.25, 0.3) is 0 Å². The molecular weight excluding hydrogens is 220 g/mol. The van der Waals surface area contributed by atoms with Crippen molar-refractivity contribution in [3.05, 3.63) is 33.4 Å². The van der Waals surface area contributed by atoms with Gasteiger partial charge in [-0.05, 0) is 25.5 Å². The lowest BCUT2D eigenvalue weighted by Crippen LogP contribution is -2.14. The standard InChI is InChI=1S/C8H10N2O4S/c1-5-4-8(15(9,13)14)6(2)3-7(5)10(11)12/h3-4H,1-2H3,(H2,9,13,14). The molecule has 1 aromatic rings. The van der Waals surface area contributed by atoms with Crippen molar-refractivity contribution < 1.29 is 13.3 Å². The zero-order valence-electron chi connectivity index (χ0n) is 8.22. The summed E-state index contributed by atoms with van der Waals surface area (Å²) in [7, 11) is -3.82. The molecule has 0 heterocycles. The highest BCUT2D eigenvalue weighted by molar-refractivity contribution is 7.89. The molecule has 0 fully saturated rings. The van der Waals surface area contributed by atoms with Gasteiger partial charge >= 0.3 is 0 Å². The molecule has 0 aromatic heterocycles. The minimum atomic E-state index is -3.82. The summed E-state index contributed by atoms with van der Waals surface area (Å²) in [6, 6.07) is 2.41. The van der Waals surface area contributed by atoms with Crippen LogP contribution in [-0.4, -0.2) is 13.3 Å². The van der Waals surface area contributed by atoms with Crippen LogP contribution in [0.1, 0.15) is 11.1 Å². The lowest BCUT2D eigenvalue weighted by Gasteiger charge is -2.05. The Morgan fingerprint density at radius 3 is 2.20 bits per heavy atom. The zero-order chi connectivity index (χ0) is 11.8. The highest BCUT2D eigenvalue weighted by Gasteiger charge is 2.18. The topological polar surface area (TPSA) is 103 Å². The SMILES string of the molecule is Cc1cc(S(N)(=O)=O)c(C)cc1[N+](=O)[O-]. The van der Waals surface area contributed by atoms with Crippen LogP contribution in [0, 0.1) is 24.0 Å². The zero-order valence-corrected chi connectivity index (χ0v) is 9.04. The Balaban J connectivity index is 3.52. The Hall–Kier alpha value is -1.47. The van der Waals surface area contributed by atoms with Crippen LogP contribution >= 0.6 is 0 Å². The fourth-order valence-electron chi connectivity index (χ4n) is 1.28. The van der Waals surface area contributed by atoms with E-state index in [9.17, 15) is 18.5 Å². The van der Waals surface area contributed by atoms with Crippen molar-refractivity contribution in [3.63, 3.8) is 0 Å². The molecule has 15 heavy (non-hydrogen) atoms. The number of aryl methyl sites for hydroxylation is 2. The summed E-state index contributed by atoms with van der Waals surface area (Å²) >= 11 is 0. The molecule has 0 saturated carbocycles. The monoisotopic (exact) mass is 230 g/mol. The third-order valence-corrected chi connectivity index (χ3v) is 3.05. The van der Waals surface area contributed by atoms with Crippen molar-refractivity contribution in [1.82, 2.24) is 0 Å². The van der Waals surface area contributed by atoms with Crippen molar-refractivity contribution in [2.24, 2.45) is 5.14 Å².